The van der Waals surface area contributed by atoms with Crippen LogP contribution in [0.4, 0.5) is 4.39 Å². The van der Waals surface area contributed by atoms with Crippen molar-refractivity contribution in [2.24, 2.45) is 5.73 Å². The van der Waals surface area contributed by atoms with Gasteiger partial charge in [0.2, 0.25) is 5.95 Å². The van der Waals surface area contributed by atoms with Gasteiger partial charge in [-0.05, 0) is 29.3 Å². The van der Waals surface area contributed by atoms with Gasteiger partial charge in [-0.15, -0.1) is 0 Å². The fourth-order valence-electron chi connectivity index (χ4n) is 1.70. The summed E-state index contributed by atoms with van der Waals surface area (Å²) in [5.74, 6) is 0.249. The van der Waals surface area contributed by atoms with E-state index in [-0.39, 0.29) is 0 Å². The number of hydrogen-bond acceptors (Lipinski definition) is 3. The van der Waals surface area contributed by atoms with E-state index in [2.05, 4.69) is 4.98 Å². The molecule has 0 spiro atoms. The molecule has 0 atom stereocenters. The molecule has 3 nitrogen and oxygen atoms in total. The van der Waals surface area contributed by atoms with E-state index in [0.29, 0.717) is 6.54 Å². The lowest BCUT2D eigenvalue weighted by molar-refractivity contribution is 0.410. The second kappa shape index (κ2) is 4.93. The monoisotopic (exact) mass is 232 g/mol. The maximum absolute atomic E-state index is 13.0. The minimum Gasteiger partial charge on any atom is -0.496 e. The Hall–Kier alpha value is -1.94. The summed E-state index contributed by atoms with van der Waals surface area (Å²) in [6.45, 7) is 0.380. The van der Waals surface area contributed by atoms with Crippen LogP contribution in [-0.4, -0.2) is 12.1 Å². The maximum Gasteiger partial charge on any atom is 0.213 e. The topological polar surface area (TPSA) is 48.1 Å². The predicted octanol–water partition coefficient (Wildman–Crippen LogP) is 2.35. The van der Waals surface area contributed by atoms with Crippen LogP contribution >= 0.6 is 0 Å². The number of nitrogens with two attached hydrogens (primary N) is 1. The van der Waals surface area contributed by atoms with Crippen molar-refractivity contribution in [2.75, 3.05) is 7.11 Å². The minimum atomic E-state index is -0.493. The van der Waals surface area contributed by atoms with Crippen molar-refractivity contribution in [1.29, 1.82) is 0 Å². The highest BCUT2D eigenvalue weighted by Crippen LogP contribution is 2.26. The van der Waals surface area contributed by atoms with Gasteiger partial charge >= 0.3 is 0 Å². The highest BCUT2D eigenvalue weighted by molar-refractivity contribution is 5.65. The third-order valence-electron chi connectivity index (χ3n) is 2.56. The summed E-state index contributed by atoms with van der Waals surface area (Å²) in [5.41, 5.74) is 8.20. The summed E-state index contributed by atoms with van der Waals surface area (Å²) in [4.78, 5) is 3.53. The van der Waals surface area contributed by atoms with Gasteiger partial charge in [-0.25, -0.2) is 4.98 Å². The average Bonchev–Trinajstić information content (AvgIpc) is 2.38. The van der Waals surface area contributed by atoms with Crippen LogP contribution in [0.2, 0.25) is 0 Å². The van der Waals surface area contributed by atoms with Gasteiger partial charge in [0, 0.05) is 24.4 Å². The first-order valence-electron chi connectivity index (χ1n) is 5.23. The van der Waals surface area contributed by atoms with Gasteiger partial charge in [0.1, 0.15) is 5.75 Å². The van der Waals surface area contributed by atoms with Gasteiger partial charge in [0.05, 0.1) is 7.11 Å². The molecule has 1 aromatic carbocycles. The summed E-state index contributed by atoms with van der Waals surface area (Å²) in [5, 5.41) is 0. The summed E-state index contributed by atoms with van der Waals surface area (Å²) in [7, 11) is 1.60. The largest absolute Gasteiger partial charge is 0.496 e. The molecule has 2 rings (SSSR count). The summed E-state index contributed by atoms with van der Waals surface area (Å²) in [6, 6.07) is 8.74. The van der Waals surface area contributed by atoms with Crippen molar-refractivity contribution in [3.63, 3.8) is 0 Å². The van der Waals surface area contributed by atoms with E-state index >= 15 is 0 Å². The fourth-order valence-corrected chi connectivity index (χ4v) is 1.70. The number of hydrogen-bond donors (Lipinski definition) is 1. The second-order valence-corrected chi connectivity index (χ2v) is 3.60. The van der Waals surface area contributed by atoms with E-state index in [1.807, 2.05) is 18.2 Å². The van der Waals surface area contributed by atoms with Gasteiger partial charge in [0.25, 0.3) is 0 Å². The van der Waals surface area contributed by atoms with Gasteiger partial charge in [-0.3, -0.25) is 0 Å². The molecule has 4 heteroatoms. The van der Waals surface area contributed by atoms with Gasteiger partial charge in [-0.1, -0.05) is 6.07 Å². The van der Waals surface area contributed by atoms with E-state index < -0.39 is 5.95 Å². The van der Waals surface area contributed by atoms with E-state index in [1.165, 1.54) is 12.3 Å². The standard InChI is InChI=1S/C13H13FN2O/c1-17-12-3-2-9(6-11(12)8-15)10-4-5-16-13(14)7-10/h2-7H,8,15H2,1H3. The summed E-state index contributed by atoms with van der Waals surface area (Å²) >= 11 is 0. The Morgan fingerprint density at radius 3 is 2.65 bits per heavy atom. The number of pyridine rings is 1. The quantitative estimate of drug-likeness (QED) is 0.826. The molecule has 0 aliphatic carbocycles. The van der Waals surface area contributed by atoms with Crippen LogP contribution in [0.25, 0.3) is 11.1 Å². The SMILES string of the molecule is COc1ccc(-c2ccnc(F)c2)cc1CN. The lowest BCUT2D eigenvalue weighted by Crippen LogP contribution is -2.00. The van der Waals surface area contributed by atoms with E-state index in [0.717, 1.165) is 22.4 Å². The number of halogens is 1. The number of benzene rings is 1. The Morgan fingerprint density at radius 1 is 1.24 bits per heavy atom. The Morgan fingerprint density at radius 2 is 2.00 bits per heavy atom. The van der Waals surface area contributed by atoms with Crippen molar-refractivity contribution in [1.82, 2.24) is 4.98 Å². The molecule has 2 aromatic rings. The highest BCUT2D eigenvalue weighted by atomic mass is 19.1. The van der Waals surface area contributed by atoms with Gasteiger partial charge < -0.3 is 10.5 Å². The van der Waals surface area contributed by atoms with E-state index in [1.54, 1.807) is 13.2 Å². The molecule has 0 unspecified atom stereocenters. The molecule has 2 N–H and O–H groups in total. The predicted molar refractivity (Wildman–Crippen MR) is 64.1 cm³/mol. The first-order chi connectivity index (χ1) is 8.24. The molecule has 0 saturated heterocycles. The molecule has 0 amide bonds. The molecule has 0 aliphatic rings. The first-order valence-corrected chi connectivity index (χ1v) is 5.23. The van der Waals surface area contributed by atoms with Gasteiger partial charge in [-0.2, -0.15) is 4.39 Å². The molecule has 1 aromatic heterocycles. The minimum absolute atomic E-state index is 0.380. The molecule has 1 heterocycles. The Kier molecular flexibility index (Phi) is 3.35. The highest BCUT2D eigenvalue weighted by Gasteiger charge is 2.05. The van der Waals surface area contributed by atoms with Crippen LogP contribution in [0.15, 0.2) is 36.5 Å². The van der Waals surface area contributed by atoms with Crippen molar-refractivity contribution in [3.05, 3.63) is 48.0 Å². The van der Waals surface area contributed by atoms with Crippen LogP contribution < -0.4 is 10.5 Å². The molecular weight excluding hydrogens is 219 g/mol. The summed E-state index contributed by atoms with van der Waals surface area (Å²) < 4.78 is 18.2. The number of nitrogens with zero attached hydrogens (tertiary/aromatic N) is 1. The van der Waals surface area contributed by atoms with Gasteiger partial charge in [0.15, 0.2) is 0 Å². The molecule has 88 valence electrons. The number of ether oxygens (including phenoxy) is 1. The second-order valence-electron chi connectivity index (χ2n) is 3.60. The van der Waals surface area contributed by atoms with Crippen LogP contribution in [0.5, 0.6) is 5.75 Å². The Labute approximate surface area is 99.1 Å². The van der Waals surface area contributed by atoms with Crippen LogP contribution in [0.1, 0.15) is 5.56 Å². The van der Waals surface area contributed by atoms with Crippen molar-refractivity contribution < 1.29 is 9.13 Å². The normalized spacial score (nSPS) is 10.3. The van der Waals surface area contributed by atoms with Crippen molar-refractivity contribution in [2.45, 2.75) is 6.54 Å². The third kappa shape index (κ3) is 2.42. The summed E-state index contributed by atoms with van der Waals surface area (Å²) in [6.07, 6.45) is 1.44. The van der Waals surface area contributed by atoms with Crippen LogP contribution in [0.3, 0.4) is 0 Å². The zero-order valence-corrected chi connectivity index (χ0v) is 9.48. The fraction of sp³-hybridized carbons (Fsp3) is 0.154. The molecule has 0 aliphatic heterocycles. The Balaban J connectivity index is 2.46. The number of aromatic nitrogens is 1. The Bertz CT molecular complexity index is 529. The molecule has 0 radical (unpaired) electrons. The van der Waals surface area contributed by atoms with Crippen molar-refractivity contribution >= 4 is 0 Å². The number of methoxy groups -OCH3 is 1. The van der Waals surface area contributed by atoms with E-state index in [9.17, 15) is 4.39 Å². The number of rotatable bonds is 3. The third-order valence-corrected chi connectivity index (χ3v) is 2.56. The molecular formula is C13H13FN2O. The first kappa shape index (κ1) is 11.5. The lowest BCUT2D eigenvalue weighted by atomic mass is 10.0. The van der Waals surface area contributed by atoms with E-state index in [4.69, 9.17) is 10.5 Å². The average molecular weight is 232 g/mol. The zero-order valence-electron chi connectivity index (χ0n) is 9.48. The maximum atomic E-state index is 13.0. The van der Waals surface area contributed by atoms with Crippen LogP contribution in [-0.2, 0) is 6.54 Å². The molecule has 0 saturated carbocycles. The van der Waals surface area contributed by atoms with Crippen molar-refractivity contribution in [3.8, 4) is 16.9 Å². The molecule has 17 heavy (non-hydrogen) atoms. The lowest BCUT2D eigenvalue weighted by Gasteiger charge is -2.09. The zero-order chi connectivity index (χ0) is 12.3. The molecule has 0 bridgehead atoms. The molecule has 0 fully saturated rings. The smallest absolute Gasteiger partial charge is 0.213 e. The van der Waals surface area contributed by atoms with Crippen LogP contribution in [0, 0.1) is 5.95 Å².